The van der Waals surface area contributed by atoms with Crippen LogP contribution in [0, 0.1) is 0 Å². The van der Waals surface area contributed by atoms with Crippen LogP contribution in [0.5, 0.6) is 0 Å². The number of amides is 2. The molecule has 3 rings (SSSR count). The lowest BCUT2D eigenvalue weighted by Gasteiger charge is -2.36. The van der Waals surface area contributed by atoms with Gasteiger partial charge in [-0.05, 0) is 18.9 Å². The molecule has 1 saturated heterocycles. The van der Waals surface area contributed by atoms with E-state index in [1.807, 2.05) is 0 Å². The molecule has 1 aromatic heterocycles. The predicted molar refractivity (Wildman–Crippen MR) is 78.0 cm³/mol. The number of anilines is 1. The minimum Gasteiger partial charge on any atom is -0.371 e. The molecule has 1 aromatic rings. The summed E-state index contributed by atoms with van der Waals surface area (Å²) < 4.78 is 23.1. The van der Waals surface area contributed by atoms with Gasteiger partial charge in [-0.3, -0.25) is 0 Å². The number of urea groups is 1. The number of hydrogen-bond acceptors (Lipinski definition) is 6. The number of aromatic nitrogens is 2. The van der Waals surface area contributed by atoms with Crippen LogP contribution in [0.25, 0.3) is 0 Å². The summed E-state index contributed by atoms with van der Waals surface area (Å²) in [7, 11) is -3.59. The lowest BCUT2D eigenvalue weighted by atomic mass is 9.81. The van der Waals surface area contributed by atoms with E-state index in [1.54, 1.807) is 0 Å². The Labute approximate surface area is 128 Å². The fourth-order valence-corrected chi connectivity index (χ4v) is 3.65. The van der Waals surface area contributed by atoms with Crippen LogP contribution in [-0.4, -0.2) is 47.5 Å². The van der Waals surface area contributed by atoms with Gasteiger partial charge >= 0.3 is 6.03 Å². The molecule has 2 aliphatic rings. The lowest BCUT2D eigenvalue weighted by molar-refractivity contribution is 0.0714. The van der Waals surface area contributed by atoms with Gasteiger partial charge in [-0.25, -0.2) is 28.1 Å². The Morgan fingerprint density at radius 3 is 2.68 bits per heavy atom. The van der Waals surface area contributed by atoms with E-state index in [1.165, 1.54) is 12.3 Å². The molecule has 1 unspecified atom stereocenters. The molecular weight excluding hydrogens is 308 g/mol. The van der Waals surface area contributed by atoms with Gasteiger partial charge in [0.25, 0.3) is 0 Å². The van der Waals surface area contributed by atoms with Crippen LogP contribution >= 0.6 is 0 Å². The zero-order valence-corrected chi connectivity index (χ0v) is 13.0. The summed E-state index contributed by atoms with van der Waals surface area (Å²) in [5.74, 6) is 0.0860. The standard InChI is InChI=1S/C13H18N4O4S/c1-22(20,21)11-14-8-5-9(15-11)17-10(18)13(16-12(17)19)6-3-2-4-7-13/h5,8,10,18H,2-4,6-7H2,1H3,(H,16,19). The van der Waals surface area contributed by atoms with Crippen molar-refractivity contribution < 1.29 is 18.3 Å². The number of nitrogens with one attached hydrogen (secondary N) is 1. The Morgan fingerprint density at radius 2 is 2.05 bits per heavy atom. The van der Waals surface area contributed by atoms with Crippen LogP contribution in [0.4, 0.5) is 10.6 Å². The maximum atomic E-state index is 12.3. The van der Waals surface area contributed by atoms with Crippen molar-refractivity contribution in [3.8, 4) is 0 Å². The zero-order chi connectivity index (χ0) is 16.0. The third kappa shape index (κ3) is 2.44. The molecule has 1 spiro atoms. The number of rotatable bonds is 2. The Morgan fingerprint density at radius 1 is 1.36 bits per heavy atom. The highest BCUT2D eigenvalue weighted by Crippen LogP contribution is 2.37. The van der Waals surface area contributed by atoms with Crippen molar-refractivity contribution in [2.75, 3.05) is 11.2 Å². The molecule has 120 valence electrons. The van der Waals surface area contributed by atoms with Gasteiger partial charge in [-0.15, -0.1) is 0 Å². The Hall–Kier alpha value is -1.74. The summed E-state index contributed by atoms with van der Waals surface area (Å²) in [6.45, 7) is 0. The Balaban J connectivity index is 1.97. The minimum absolute atomic E-state index is 0.0860. The number of hydrogen-bond donors (Lipinski definition) is 2. The third-order valence-electron chi connectivity index (χ3n) is 4.26. The Bertz CT molecular complexity index is 700. The highest BCUT2D eigenvalue weighted by molar-refractivity contribution is 7.90. The van der Waals surface area contributed by atoms with E-state index in [4.69, 9.17) is 0 Å². The molecule has 0 bridgehead atoms. The normalized spacial score (nSPS) is 24.5. The van der Waals surface area contributed by atoms with Gasteiger partial charge < -0.3 is 10.4 Å². The first kappa shape index (κ1) is 15.2. The van der Waals surface area contributed by atoms with Crippen LogP contribution < -0.4 is 10.2 Å². The van der Waals surface area contributed by atoms with Crippen molar-refractivity contribution in [1.29, 1.82) is 0 Å². The minimum atomic E-state index is -3.59. The quantitative estimate of drug-likeness (QED) is 0.762. The maximum Gasteiger partial charge on any atom is 0.325 e. The van der Waals surface area contributed by atoms with Crippen LogP contribution in [0.3, 0.4) is 0 Å². The van der Waals surface area contributed by atoms with Crippen LogP contribution in [0.1, 0.15) is 32.1 Å². The van der Waals surface area contributed by atoms with Crippen LogP contribution in [0.2, 0.25) is 0 Å². The number of nitrogens with zero attached hydrogens (tertiary/aromatic N) is 3. The molecule has 9 heteroatoms. The Kier molecular flexibility index (Phi) is 3.56. The van der Waals surface area contributed by atoms with E-state index >= 15 is 0 Å². The fourth-order valence-electron chi connectivity index (χ4n) is 3.14. The van der Waals surface area contributed by atoms with Gasteiger partial charge in [0.15, 0.2) is 6.23 Å². The van der Waals surface area contributed by atoms with Crippen molar-refractivity contribution in [3.05, 3.63) is 12.3 Å². The van der Waals surface area contributed by atoms with E-state index < -0.39 is 27.6 Å². The summed E-state index contributed by atoms with van der Waals surface area (Å²) in [5.41, 5.74) is -0.675. The number of aliphatic hydroxyl groups excluding tert-OH is 1. The summed E-state index contributed by atoms with van der Waals surface area (Å²) in [4.78, 5) is 21.0. The topological polar surface area (TPSA) is 112 Å². The van der Waals surface area contributed by atoms with Gasteiger partial charge in [0.2, 0.25) is 15.0 Å². The van der Waals surface area contributed by atoms with E-state index in [-0.39, 0.29) is 11.0 Å². The molecule has 2 fully saturated rings. The molecule has 1 atom stereocenters. The zero-order valence-electron chi connectivity index (χ0n) is 12.2. The number of carbonyl (C=O) groups excluding carboxylic acids is 1. The smallest absolute Gasteiger partial charge is 0.325 e. The molecule has 1 aliphatic carbocycles. The summed E-state index contributed by atoms with van der Waals surface area (Å²) in [6.07, 6.45) is 5.53. The van der Waals surface area contributed by atoms with Crippen LogP contribution in [-0.2, 0) is 9.84 Å². The SMILES string of the molecule is CS(=O)(=O)c1nccc(N2C(=O)NC3(CCCCC3)C2O)n1. The molecule has 1 aliphatic heterocycles. The molecule has 8 nitrogen and oxygen atoms in total. The first-order valence-electron chi connectivity index (χ1n) is 7.16. The molecule has 2 amide bonds. The molecule has 0 aromatic carbocycles. The molecule has 1 saturated carbocycles. The molecular formula is C13H18N4O4S. The highest BCUT2D eigenvalue weighted by Gasteiger charge is 2.52. The second-order valence-electron chi connectivity index (χ2n) is 5.86. The lowest BCUT2D eigenvalue weighted by Crippen LogP contribution is -2.51. The van der Waals surface area contributed by atoms with E-state index in [9.17, 15) is 18.3 Å². The number of aliphatic hydroxyl groups is 1. The second-order valence-corrected chi connectivity index (χ2v) is 7.77. The molecule has 0 radical (unpaired) electrons. The van der Waals surface area contributed by atoms with Crippen LogP contribution in [0.15, 0.2) is 17.4 Å². The van der Waals surface area contributed by atoms with Gasteiger partial charge in [0.1, 0.15) is 5.82 Å². The van der Waals surface area contributed by atoms with Crippen molar-refractivity contribution in [1.82, 2.24) is 15.3 Å². The second kappa shape index (κ2) is 5.17. The van der Waals surface area contributed by atoms with Crippen molar-refractivity contribution in [2.24, 2.45) is 0 Å². The average molecular weight is 326 g/mol. The first-order chi connectivity index (χ1) is 10.3. The summed E-state index contributed by atoms with van der Waals surface area (Å²) >= 11 is 0. The largest absolute Gasteiger partial charge is 0.371 e. The van der Waals surface area contributed by atoms with Gasteiger partial charge in [0, 0.05) is 12.5 Å². The third-order valence-corrected chi connectivity index (χ3v) is 5.12. The van der Waals surface area contributed by atoms with Gasteiger partial charge in [-0.1, -0.05) is 19.3 Å². The molecule has 2 heterocycles. The average Bonchev–Trinajstić information content (AvgIpc) is 2.70. The van der Waals surface area contributed by atoms with E-state index in [0.717, 1.165) is 30.4 Å². The first-order valence-corrected chi connectivity index (χ1v) is 9.05. The maximum absolute atomic E-state index is 12.3. The van der Waals surface area contributed by atoms with Gasteiger partial charge in [0.05, 0.1) is 5.54 Å². The highest BCUT2D eigenvalue weighted by atomic mass is 32.2. The monoisotopic (exact) mass is 326 g/mol. The summed E-state index contributed by atoms with van der Waals surface area (Å²) in [6, 6.07) is 0.951. The number of carbonyl (C=O) groups is 1. The van der Waals surface area contributed by atoms with Crippen molar-refractivity contribution >= 4 is 21.7 Å². The van der Waals surface area contributed by atoms with E-state index in [0.29, 0.717) is 12.8 Å². The molecule has 2 N–H and O–H groups in total. The number of sulfone groups is 1. The molecule has 22 heavy (non-hydrogen) atoms. The van der Waals surface area contributed by atoms with Gasteiger partial charge in [-0.2, -0.15) is 0 Å². The van der Waals surface area contributed by atoms with Crippen molar-refractivity contribution in [2.45, 2.75) is 49.0 Å². The fraction of sp³-hybridized carbons (Fsp3) is 0.615. The summed E-state index contributed by atoms with van der Waals surface area (Å²) in [5, 5.41) is 13.1. The predicted octanol–water partition coefficient (Wildman–Crippen LogP) is 0.431. The van der Waals surface area contributed by atoms with E-state index in [2.05, 4.69) is 15.3 Å². The van der Waals surface area contributed by atoms with Crippen molar-refractivity contribution in [3.63, 3.8) is 0 Å².